The molecule has 0 rings (SSSR count). The molecule has 0 bridgehead atoms. The number of nitrogens with zero attached hydrogens (tertiary/aromatic N) is 1. The topological polar surface area (TPSA) is 62.2 Å². The number of amidine groups is 1. The average Bonchev–Trinajstić information content (AvgIpc) is 2.02. The second kappa shape index (κ2) is 4.44. The number of aliphatic imine (C=N–C) groups is 1. The molecule has 0 aromatic carbocycles. The van der Waals surface area contributed by atoms with Crippen LogP contribution in [0.1, 0.15) is 13.8 Å². The molecule has 0 unspecified atom stereocenters. The Morgan fingerprint density at radius 1 is 1.64 bits per heavy atom. The molecule has 0 heterocycles. The maximum atomic E-state index is 7.25. The Hall–Kier alpha value is -1.38. The van der Waals surface area contributed by atoms with Crippen molar-refractivity contribution in [1.82, 2.24) is 0 Å². The van der Waals surface area contributed by atoms with Gasteiger partial charge in [-0.25, -0.2) is 4.99 Å². The smallest absolute Gasteiger partial charge is 0.148 e. The lowest BCUT2D eigenvalue weighted by Gasteiger charge is -1.99. The van der Waals surface area contributed by atoms with Crippen molar-refractivity contribution in [2.24, 2.45) is 10.7 Å². The van der Waals surface area contributed by atoms with Gasteiger partial charge in [0, 0.05) is 11.3 Å². The second-order valence-corrected chi connectivity index (χ2v) is 2.09. The van der Waals surface area contributed by atoms with Crippen molar-refractivity contribution in [2.45, 2.75) is 13.8 Å². The Balaban J connectivity index is 4.65. The summed E-state index contributed by atoms with van der Waals surface area (Å²) in [6.45, 7) is 6.84. The lowest BCUT2D eigenvalue weighted by Crippen LogP contribution is -2.03. The van der Waals surface area contributed by atoms with Crippen LogP contribution in [0.3, 0.4) is 0 Å². The summed E-state index contributed by atoms with van der Waals surface area (Å²) in [7, 11) is 0. The monoisotopic (exact) mass is 151 g/mol. The minimum atomic E-state index is 0.126. The summed E-state index contributed by atoms with van der Waals surface area (Å²) in [6.07, 6.45) is 3.55. The summed E-state index contributed by atoms with van der Waals surface area (Å²) in [5.41, 5.74) is 6.78. The molecule has 0 aromatic heterocycles. The third-order valence-electron chi connectivity index (χ3n) is 1.29. The molecule has 3 N–H and O–H groups in total. The lowest BCUT2D eigenvalue weighted by molar-refractivity contribution is 1.30. The zero-order chi connectivity index (χ0) is 8.85. The number of rotatable bonds is 2. The van der Waals surface area contributed by atoms with E-state index in [4.69, 9.17) is 11.1 Å². The standard InChI is InChI=1S/C8H13N3/c1-4-5-7(9)6(2)8(10)11-3/h4-5,10H,3,9H2,1-2H3/b5-4-,7-6?,10-8?. The van der Waals surface area contributed by atoms with Gasteiger partial charge >= 0.3 is 0 Å². The molecule has 60 valence electrons. The Morgan fingerprint density at radius 3 is 2.55 bits per heavy atom. The van der Waals surface area contributed by atoms with E-state index >= 15 is 0 Å². The molecule has 0 atom stereocenters. The van der Waals surface area contributed by atoms with Crippen LogP contribution in [0.25, 0.3) is 0 Å². The van der Waals surface area contributed by atoms with Crippen LogP contribution in [0.2, 0.25) is 0 Å². The van der Waals surface area contributed by atoms with Crippen LogP contribution >= 0.6 is 0 Å². The van der Waals surface area contributed by atoms with Gasteiger partial charge in [-0.3, -0.25) is 5.41 Å². The highest BCUT2D eigenvalue weighted by Gasteiger charge is 1.98. The van der Waals surface area contributed by atoms with E-state index in [1.54, 1.807) is 13.0 Å². The normalized spacial score (nSPS) is 12.9. The third-order valence-corrected chi connectivity index (χ3v) is 1.29. The molecule has 0 saturated heterocycles. The minimum absolute atomic E-state index is 0.126. The molecular formula is C8H13N3. The van der Waals surface area contributed by atoms with Crippen molar-refractivity contribution in [3.63, 3.8) is 0 Å². The highest BCUT2D eigenvalue weighted by Crippen LogP contribution is 2.01. The molecule has 0 aliphatic heterocycles. The summed E-state index contributed by atoms with van der Waals surface area (Å²) >= 11 is 0. The van der Waals surface area contributed by atoms with E-state index in [0.29, 0.717) is 11.3 Å². The summed E-state index contributed by atoms with van der Waals surface area (Å²) in [5.74, 6) is 0.126. The largest absolute Gasteiger partial charge is 0.398 e. The van der Waals surface area contributed by atoms with Gasteiger partial charge in [-0.2, -0.15) is 0 Å². The van der Waals surface area contributed by atoms with E-state index in [1.165, 1.54) is 0 Å². The van der Waals surface area contributed by atoms with E-state index in [2.05, 4.69) is 11.7 Å². The molecule has 0 radical (unpaired) electrons. The van der Waals surface area contributed by atoms with Crippen LogP contribution in [0.5, 0.6) is 0 Å². The number of nitrogens with two attached hydrogens (primary N) is 1. The van der Waals surface area contributed by atoms with Crippen LogP contribution in [-0.4, -0.2) is 12.6 Å². The Bertz CT molecular complexity index is 223. The highest BCUT2D eigenvalue weighted by molar-refractivity contribution is 5.98. The Morgan fingerprint density at radius 2 is 2.18 bits per heavy atom. The van der Waals surface area contributed by atoms with Gasteiger partial charge in [0.05, 0.1) is 0 Å². The Labute approximate surface area is 66.8 Å². The number of allylic oxidation sites excluding steroid dienone is 2. The van der Waals surface area contributed by atoms with E-state index in [9.17, 15) is 0 Å². The molecule has 0 aliphatic rings. The van der Waals surface area contributed by atoms with Crippen molar-refractivity contribution in [3.05, 3.63) is 23.4 Å². The maximum absolute atomic E-state index is 7.25. The van der Waals surface area contributed by atoms with Gasteiger partial charge < -0.3 is 5.73 Å². The van der Waals surface area contributed by atoms with Crippen LogP contribution in [0.15, 0.2) is 28.4 Å². The predicted octanol–water partition coefficient (Wildman–Crippen LogP) is 1.47. The zero-order valence-corrected chi connectivity index (χ0v) is 6.89. The van der Waals surface area contributed by atoms with Crippen LogP contribution in [0.4, 0.5) is 0 Å². The molecule has 0 spiro atoms. The molecule has 0 aliphatic carbocycles. The minimum Gasteiger partial charge on any atom is -0.398 e. The first kappa shape index (κ1) is 9.62. The van der Waals surface area contributed by atoms with Crippen molar-refractivity contribution in [1.29, 1.82) is 5.41 Å². The van der Waals surface area contributed by atoms with Gasteiger partial charge in [-0.15, -0.1) is 0 Å². The van der Waals surface area contributed by atoms with Crippen LogP contribution in [-0.2, 0) is 0 Å². The first-order valence-electron chi connectivity index (χ1n) is 3.28. The molecule has 3 heteroatoms. The highest BCUT2D eigenvalue weighted by atomic mass is 14.8. The molecule has 0 saturated carbocycles. The summed E-state index contributed by atoms with van der Waals surface area (Å²) < 4.78 is 0. The summed E-state index contributed by atoms with van der Waals surface area (Å²) in [6, 6.07) is 0. The lowest BCUT2D eigenvalue weighted by atomic mass is 10.2. The summed E-state index contributed by atoms with van der Waals surface area (Å²) in [4.78, 5) is 3.45. The second-order valence-electron chi connectivity index (χ2n) is 2.09. The fourth-order valence-electron chi connectivity index (χ4n) is 0.560. The average molecular weight is 151 g/mol. The van der Waals surface area contributed by atoms with Gasteiger partial charge in [0.15, 0.2) is 0 Å². The number of hydrogen-bond donors (Lipinski definition) is 2. The van der Waals surface area contributed by atoms with Crippen LogP contribution in [0, 0.1) is 5.41 Å². The third kappa shape index (κ3) is 2.80. The molecule has 11 heavy (non-hydrogen) atoms. The number of nitrogens with one attached hydrogen (secondary N) is 1. The SMILES string of the molecule is C=NC(=N)C(C)=C(N)/C=C\C. The first-order valence-corrected chi connectivity index (χ1v) is 3.28. The van der Waals surface area contributed by atoms with Crippen molar-refractivity contribution in [3.8, 4) is 0 Å². The van der Waals surface area contributed by atoms with Gasteiger partial charge in [-0.05, 0) is 26.6 Å². The number of hydrogen-bond acceptors (Lipinski definition) is 2. The van der Waals surface area contributed by atoms with Gasteiger partial charge in [0.1, 0.15) is 5.84 Å². The predicted molar refractivity (Wildman–Crippen MR) is 49.0 cm³/mol. The van der Waals surface area contributed by atoms with Gasteiger partial charge in [-0.1, -0.05) is 6.08 Å². The van der Waals surface area contributed by atoms with Crippen molar-refractivity contribution >= 4 is 12.6 Å². The molecule has 3 nitrogen and oxygen atoms in total. The van der Waals surface area contributed by atoms with E-state index < -0.39 is 0 Å². The quantitative estimate of drug-likeness (QED) is 0.350. The molecular weight excluding hydrogens is 138 g/mol. The van der Waals surface area contributed by atoms with E-state index in [1.807, 2.05) is 13.0 Å². The van der Waals surface area contributed by atoms with Crippen molar-refractivity contribution in [2.75, 3.05) is 0 Å². The fourth-order valence-corrected chi connectivity index (χ4v) is 0.560. The van der Waals surface area contributed by atoms with E-state index in [-0.39, 0.29) is 5.84 Å². The van der Waals surface area contributed by atoms with Crippen LogP contribution < -0.4 is 5.73 Å². The molecule has 0 aromatic rings. The van der Waals surface area contributed by atoms with Gasteiger partial charge in [0.25, 0.3) is 0 Å². The van der Waals surface area contributed by atoms with Crippen molar-refractivity contribution < 1.29 is 0 Å². The molecule has 0 fully saturated rings. The zero-order valence-electron chi connectivity index (χ0n) is 6.89. The molecule has 0 amide bonds. The fraction of sp³-hybridized carbons (Fsp3) is 0.250. The first-order chi connectivity index (χ1) is 5.13. The maximum Gasteiger partial charge on any atom is 0.148 e. The Kier molecular flexibility index (Phi) is 3.88. The van der Waals surface area contributed by atoms with Gasteiger partial charge in [0.2, 0.25) is 0 Å². The van der Waals surface area contributed by atoms with E-state index in [0.717, 1.165) is 0 Å². The summed E-state index contributed by atoms with van der Waals surface area (Å²) in [5, 5.41) is 7.25.